The fourth-order valence-corrected chi connectivity index (χ4v) is 3.72. The Kier molecular flexibility index (Phi) is 7.51. The van der Waals surface area contributed by atoms with Crippen molar-refractivity contribution in [3.8, 4) is 5.75 Å². The molecule has 0 bridgehead atoms. The highest BCUT2D eigenvalue weighted by molar-refractivity contribution is 5.41. The molecule has 0 spiro atoms. The number of hydrogen-bond acceptors (Lipinski definition) is 5. The smallest absolute Gasteiger partial charge is 0.119 e. The summed E-state index contributed by atoms with van der Waals surface area (Å²) in [6, 6.07) is 17.3. The first kappa shape index (κ1) is 23.2. The SMILES string of the molecule is CC(COc1ccc(C(C)(C)c2ccc(CC(C)OCC3CO3)cc2)cc1)OCC1CO1. The van der Waals surface area contributed by atoms with Gasteiger partial charge in [0.15, 0.2) is 0 Å². The molecule has 2 fully saturated rings. The normalized spacial score (nSPS) is 21.8. The van der Waals surface area contributed by atoms with Gasteiger partial charge in [-0.1, -0.05) is 50.2 Å². The first-order valence-corrected chi connectivity index (χ1v) is 11.7. The first-order valence-electron chi connectivity index (χ1n) is 11.7. The van der Waals surface area contributed by atoms with Crippen LogP contribution >= 0.6 is 0 Å². The van der Waals surface area contributed by atoms with E-state index >= 15 is 0 Å². The van der Waals surface area contributed by atoms with Gasteiger partial charge in [0, 0.05) is 5.41 Å². The van der Waals surface area contributed by atoms with Crippen molar-refractivity contribution in [2.75, 3.05) is 33.0 Å². The average molecular weight is 441 g/mol. The molecule has 2 heterocycles. The molecule has 0 N–H and O–H groups in total. The van der Waals surface area contributed by atoms with E-state index in [1.54, 1.807) is 0 Å². The van der Waals surface area contributed by atoms with Crippen LogP contribution in [0, 0.1) is 0 Å². The maximum Gasteiger partial charge on any atom is 0.119 e. The number of ether oxygens (including phenoxy) is 5. The average Bonchev–Trinajstić information content (AvgIpc) is 3.70. The van der Waals surface area contributed by atoms with Gasteiger partial charge in [0.1, 0.15) is 24.6 Å². The van der Waals surface area contributed by atoms with Crippen LogP contribution in [0.3, 0.4) is 0 Å². The van der Waals surface area contributed by atoms with E-state index in [9.17, 15) is 0 Å². The Hall–Kier alpha value is -1.92. The van der Waals surface area contributed by atoms with E-state index in [1.165, 1.54) is 16.7 Å². The minimum Gasteiger partial charge on any atom is -0.491 e. The van der Waals surface area contributed by atoms with Crippen molar-refractivity contribution in [1.82, 2.24) is 0 Å². The molecule has 2 aromatic carbocycles. The lowest BCUT2D eigenvalue weighted by atomic mass is 9.78. The highest BCUT2D eigenvalue weighted by Crippen LogP contribution is 2.32. The largest absolute Gasteiger partial charge is 0.491 e. The van der Waals surface area contributed by atoms with Crippen LogP contribution in [0.4, 0.5) is 0 Å². The number of hydrogen-bond donors (Lipinski definition) is 0. The molecule has 5 nitrogen and oxygen atoms in total. The molecule has 0 aliphatic carbocycles. The lowest BCUT2D eigenvalue weighted by Crippen LogP contribution is -2.21. The van der Waals surface area contributed by atoms with E-state index in [1.807, 2.05) is 19.1 Å². The molecule has 2 aliphatic heterocycles. The Labute approximate surface area is 192 Å². The summed E-state index contributed by atoms with van der Waals surface area (Å²) >= 11 is 0. The molecule has 0 amide bonds. The molecule has 0 saturated carbocycles. The summed E-state index contributed by atoms with van der Waals surface area (Å²) in [6.45, 7) is 12.2. The molecule has 0 aromatic heterocycles. The number of rotatable bonds is 13. The van der Waals surface area contributed by atoms with Crippen LogP contribution in [0.15, 0.2) is 48.5 Å². The molecule has 2 saturated heterocycles. The third-order valence-electron chi connectivity index (χ3n) is 6.20. The van der Waals surface area contributed by atoms with Gasteiger partial charge < -0.3 is 23.7 Å². The van der Waals surface area contributed by atoms with Gasteiger partial charge in [-0.25, -0.2) is 0 Å². The molecule has 2 aliphatic rings. The summed E-state index contributed by atoms with van der Waals surface area (Å²) in [5.74, 6) is 0.864. The minimum atomic E-state index is -0.0941. The van der Waals surface area contributed by atoms with Gasteiger partial charge in [-0.3, -0.25) is 0 Å². The van der Waals surface area contributed by atoms with Gasteiger partial charge in [0.05, 0.1) is 38.6 Å². The van der Waals surface area contributed by atoms with Crippen LogP contribution in [-0.2, 0) is 30.8 Å². The van der Waals surface area contributed by atoms with E-state index in [0.717, 1.165) is 25.4 Å². The summed E-state index contributed by atoms with van der Waals surface area (Å²) in [7, 11) is 0. The highest BCUT2D eigenvalue weighted by Gasteiger charge is 2.25. The van der Waals surface area contributed by atoms with Gasteiger partial charge in [-0.2, -0.15) is 0 Å². The Morgan fingerprint density at radius 1 is 0.812 bits per heavy atom. The van der Waals surface area contributed by atoms with Gasteiger partial charge in [-0.15, -0.1) is 0 Å². The third-order valence-corrected chi connectivity index (χ3v) is 6.20. The third kappa shape index (κ3) is 6.79. The standard InChI is InChI=1S/C27H36O5/c1-19(28-15-25-17-31-25)13-21-5-7-22(8-6-21)27(3,4)23-9-11-24(12-10-23)30-14-20(2)29-16-26-18-32-26/h5-12,19-20,25-26H,13-18H2,1-4H3. The van der Waals surface area contributed by atoms with Gasteiger partial charge in [0.25, 0.3) is 0 Å². The predicted molar refractivity (Wildman–Crippen MR) is 125 cm³/mol. The van der Waals surface area contributed by atoms with Crippen LogP contribution in [0.2, 0.25) is 0 Å². The second-order valence-electron chi connectivity index (χ2n) is 9.56. The number of epoxide rings is 2. The van der Waals surface area contributed by atoms with Crippen LogP contribution in [0.25, 0.3) is 0 Å². The second-order valence-corrected chi connectivity index (χ2v) is 9.56. The van der Waals surface area contributed by atoms with Crippen molar-refractivity contribution in [1.29, 1.82) is 0 Å². The fraction of sp³-hybridized carbons (Fsp3) is 0.556. The van der Waals surface area contributed by atoms with E-state index in [0.29, 0.717) is 25.9 Å². The summed E-state index contributed by atoms with van der Waals surface area (Å²) < 4.78 is 27.9. The van der Waals surface area contributed by atoms with Crippen molar-refractivity contribution in [3.63, 3.8) is 0 Å². The molecule has 0 radical (unpaired) electrons. The Morgan fingerprint density at radius 3 is 1.84 bits per heavy atom. The minimum absolute atomic E-state index is 0.0454. The van der Waals surface area contributed by atoms with E-state index in [2.05, 4.69) is 57.2 Å². The molecule has 174 valence electrons. The summed E-state index contributed by atoms with van der Waals surface area (Å²) in [6.07, 6.45) is 1.75. The van der Waals surface area contributed by atoms with Crippen molar-refractivity contribution in [2.45, 2.75) is 63.9 Å². The Bertz CT molecular complexity index is 837. The predicted octanol–water partition coefficient (Wildman–Crippen LogP) is 4.54. The lowest BCUT2D eigenvalue weighted by molar-refractivity contribution is 0.0241. The van der Waals surface area contributed by atoms with Crippen LogP contribution in [0.1, 0.15) is 44.4 Å². The van der Waals surface area contributed by atoms with Crippen molar-refractivity contribution < 1.29 is 23.7 Å². The quantitative estimate of drug-likeness (QED) is 0.428. The first-order chi connectivity index (χ1) is 15.4. The van der Waals surface area contributed by atoms with Gasteiger partial charge >= 0.3 is 0 Å². The zero-order valence-corrected chi connectivity index (χ0v) is 19.7. The molecule has 5 heteroatoms. The monoisotopic (exact) mass is 440 g/mol. The maximum atomic E-state index is 5.90. The fourth-order valence-electron chi connectivity index (χ4n) is 3.72. The van der Waals surface area contributed by atoms with Crippen molar-refractivity contribution in [2.24, 2.45) is 0 Å². The summed E-state index contributed by atoms with van der Waals surface area (Å²) in [4.78, 5) is 0. The molecular formula is C27H36O5. The molecule has 32 heavy (non-hydrogen) atoms. The van der Waals surface area contributed by atoms with Gasteiger partial charge in [-0.05, 0) is 49.1 Å². The Balaban J connectivity index is 1.28. The van der Waals surface area contributed by atoms with Crippen molar-refractivity contribution >= 4 is 0 Å². The highest BCUT2D eigenvalue weighted by atomic mass is 16.6. The van der Waals surface area contributed by atoms with E-state index in [4.69, 9.17) is 23.7 Å². The molecule has 4 atom stereocenters. The molecular weight excluding hydrogens is 404 g/mol. The van der Waals surface area contributed by atoms with Gasteiger partial charge in [0.2, 0.25) is 0 Å². The molecule has 4 rings (SSSR count). The maximum absolute atomic E-state index is 5.90. The lowest BCUT2D eigenvalue weighted by Gasteiger charge is -2.27. The Morgan fingerprint density at radius 2 is 1.31 bits per heavy atom. The topological polar surface area (TPSA) is 52.8 Å². The second kappa shape index (κ2) is 10.3. The van der Waals surface area contributed by atoms with Crippen molar-refractivity contribution in [3.05, 3.63) is 65.2 Å². The zero-order valence-electron chi connectivity index (χ0n) is 19.7. The summed E-state index contributed by atoms with van der Waals surface area (Å²) in [5, 5.41) is 0. The van der Waals surface area contributed by atoms with E-state index in [-0.39, 0.29) is 23.7 Å². The summed E-state index contributed by atoms with van der Waals surface area (Å²) in [5.41, 5.74) is 3.75. The van der Waals surface area contributed by atoms with Crippen LogP contribution in [-0.4, -0.2) is 57.5 Å². The number of benzene rings is 2. The molecule has 4 unspecified atom stereocenters. The van der Waals surface area contributed by atoms with Crippen LogP contribution in [0.5, 0.6) is 5.75 Å². The van der Waals surface area contributed by atoms with Crippen LogP contribution < -0.4 is 4.74 Å². The van der Waals surface area contributed by atoms with E-state index < -0.39 is 0 Å². The molecule has 2 aromatic rings. The zero-order chi connectivity index (χ0) is 22.6.